The number of rotatable bonds is 10. The summed E-state index contributed by atoms with van der Waals surface area (Å²) in [6.07, 6.45) is 0.882. The Balaban J connectivity index is 1.66. The van der Waals surface area contributed by atoms with Crippen LogP contribution in [0.5, 0.6) is 17.2 Å². The molecule has 41 heavy (non-hydrogen) atoms. The van der Waals surface area contributed by atoms with E-state index in [1.807, 2.05) is 19.1 Å². The van der Waals surface area contributed by atoms with Gasteiger partial charge in [0.25, 0.3) is 5.78 Å². The van der Waals surface area contributed by atoms with Crippen molar-refractivity contribution in [3.05, 3.63) is 83.4 Å². The lowest BCUT2D eigenvalue weighted by Crippen LogP contribution is -2.29. The Labute approximate surface area is 242 Å². The second kappa shape index (κ2) is 12.0. The summed E-state index contributed by atoms with van der Waals surface area (Å²) < 4.78 is 18.1. The number of benzene rings is 3. The van der Waals surface area contributed by atoms with Gasteiger partial charge in [-0.25, -0.2) is 4.98 Å². The van der Waals surface area contributed by atoms with Crippen LogP contribution in [-0.2, 0) is 9.59 Å². The molecule has 0 aliphatic carbocycles. The van der Waals surface area contributed by atoms with Crippen LogP contribution in [0.15, 0.2) is 72.3 Å². The molecule has 0 saturated carbocycles. The fourth-order valence-electron chi connectivity index (χ4n) is 4.71. The monoisotopic (exact) mass is 572 g/mol. The van der Waals surface area contributed by atoms with E-state index in [-0.39, 0.29) is 11.3 Å². The van der Waals surface area contributed by atoms with Crippen LogP contribution in [0, 0.1) is 5.92 Å². The molecular weight excluding hydrogens is 540 g/mol. The number of ether oxygens (including phenoxy) is 3. The Morgan fingerprint density at radius 2 is 1.80 bits per heavy atom. The number of thiazole rings is 1. The summed E-state index contributed by atoms with van der Waals surface area (Å²) in [4.78, 5) is 33.3. The van der Waals surface area contributed by atoms with E-state index in [1.54, 1.807) is 61.7 Å². The van der Waals surface area contributed by atoms with Gasteiger partial charge in [0.05, 0.1) is 42.2 Å². The molecule has 1 aliphatic rings. The maximum absolute atomic E-state index is 13.6. The average molecular weight is 573 g/mol. The number of hydrogen-bond donors (Lipinski definition) is 1. The van der Waals surface area contributed by atoms with Crippen LogP contribution in [0.4, 0.5) is 5.13 Å². The molecule has 3 aromatic carbocycles. The largest absolute Gasteiger partial charge is 0.507 e. The van der Waals surface area contributed by atoms with Gasteiger partial charge in [-0.3, -0.25) is 14.5 Å². The molecule has 0 bridgehead atoms. The molecule has 1 atom stereocenters. The third-order valence-electron chi connectivity index (χ3n) is 6.82. The minimum Gasteiger partial charge on any atom is -0.507 e. The van der Waals surface area contributed by atoms with E-state index >= 15 is 0 Å². The molecule has 4 aromatic rings. The summed E-state index contributed by atoms with van der Waals surface area (Å²) >= 11 is 1.27. The van der Waals surface area contributed by atoms with Gasteiger partial charge in [0.2, 0.25) is 0 Å². The molecule has 5 rings (SSSR count). The van der Waals surface area contributed by atoms with Crippen LogP contribution in [0.1, 0.15) is 44.4 Å². The Hall–Kier alpha value is -4.37. The molecule has 1 saturated heterocycles. The number of aliphatic hydroxyl groups is 1. The van der Waals surface area contributed by atoms with E-state index in [1.165, 1.54) is 16.2 Å². The van der Waals surface area contributed by atoms with Gasteiger partial charge in [-0.2, -0.15) is 0 Å². The summed E-state index contributed by atoms with van der Waals surface area (Å²) in [5.41, 5.74) is 1.66. The number of aliphatic hydroxyl groups excluding tert-OH is 1. The second-order valence-electron chi connectivity index (χ2n) is 10.0. The van der Waals surface area contributed by atoms with Crippen LogP contribution >= 0.6 is 11.3 Å². The Kier molecular flexibility index (Phi) is 8.26. The number of hydrogen-bond acceptors (Lipinski definition) is 8. The Morgan fingerprint density at radius 1 is 1.02 bits per heavy atom. The Bertz CT molecular complexity index is 1610. The lowest BCUT2D eigenvalue weighted by Gasteiger charge is -2.24. The summed E-state index contributed by atoms with van der Waals surface area (Å²) in [7, 11) is 1.58. The predicted octanol–water partition coefficient (Wildman–Crippen LogP) is 6.75. The number of carbonyl (C=O) groups is 2. The summed E-state index contributed by atoms with van der Waals surface area (Å²) in [6.45, 7) is 7.06. The molecule has 1 amide bonds. The predicted molar refractivity (Wildman–Crippen MR) is 160 cm³/mol. The second-order valence-corrected chi connectivity index (χ2v) is 11.0. The molecule has 9 heteroatoms. The van der Waals surface area contributed by atoms with Crippen LogP contribution in [0.2, 0.25) is 0 Å². The van der Waals surface area contributed by atoms with Crippen molar-refractivity contribution < 1.29 is 28.9 Å². The summed E-state index contributed by atoms with van der Waals surface area (Å²) in [5, 5.41) is 11.7. The van der Waals surface area contributed by atoms with Gasteiger partial charge in [-0.05, 0) is 55.2 Å². The SMILES string of the molecule is CCOc1cc(C2/C(=C(\O)c3ccccc3)C(=O)C(=O)N2c2nc3ccc(OC)cc3s2)ccc1OCCC(C)C. The highest BCUT2D eigenvalue weighted by Crippen LogP contribution is 2.46. The van der Waals surface area contributed by atoms with Crippen molar-refractivity contribution in [1.82, 2.24) is 4.98 Å². The molecule has 0 spiro atoms. The third kappa shape index (κ3) is 5.63. The van der Waals surface area contributed by atoms with Crippen molar-refractivity contribution in [3.8, 4) is 17.2 Å². The number of fused-ring (bicyclic) bond motifs is 1. The quantitative estimate of drug-likeness (QED) is 0.127. The number of methoxy groups -OCH3 is 1. The fraction of sp³-hybridized carbons (Fsp3) is 0.281. The number of Topliss-reactive ketones (excluding diaryl/α,β-unsaturated/α-hetero) is 1. The number of anilines is 1. The molecule has 1 fully saturated rings. The highest BCUT2D eigenvalue weighted by atomic mass is 32.1. The van der Waals surface area contributed by atoms with Crippen molar-refractivity contribution in [2.45, 2.75) is 33.2 Å². The van der Waals surface area contributed by atoms with E-state index in [4.69, 9.17) is 14.2 Å². The van der Waals surface area contributed by atoms with E-state index < -0.39 is 17.7 Å². The molecule has 1 aromatic heterocycles. The average Bonchev–Trinajstić information content (AvgIpc) is 3.51. The van der Waals surface area contributed by atoms with Gasteiger partial charge in [-0.1, -0.05) is 61.6 Å². The Morgan fingerprint density at radius 3 is 2.51 bits per heavy atom. The minimum absolute atomic E-state index is 0.0195. The molecule has 1 unspecified atom stereocenters. The van der Waals surface area contributed by atoms with E-state index in [9.17, 15) is 14.7 Å². The van der Waals surface area contributed by atoms with Crippen molar-refractivity contribution in [2.24, 2.45) is 5.92 Å². The zero-order valence-corrected chi connectivity index (χ0v) is 24.2. The fourth-order valence-corrected chi connectivity index (χ4v) is 5.73. The van der Waals surface area contributed by atoms with Crippen molar-refractivity contribution >= 4 is 44.1 Å². The van der Waals surface area contributed by atoms with E-state index in [0.29, 0.717) is 58.2 Å². The van der Waals surface area contributed by atoms with Crippen LogP contribution in [0.25, 0.3) is 16.0 Å². The standard InChI is InChI=1S/C32H32N2O6S/c1-5-39-25-17-21(11-14-24(25)40-16-15-19(2)3)28-27(29(35)20-9-7-6-8-10-20)30(36)31(37)34(28)32-33-23-13-12-22(38-4)18-26(23)41-32/h6-14,17-19,28,35H,5,15-16H2,1-4H3/b29-27+. The first-order valence-corrected chi connectivity index (χ1v) is 14.3. The van der Waals surface area contributed by atoms with Gasteiger partial charge in [0.1, 0.15) is 11.5 Å². The minimum atomic E-state index is -0.943. The third-order valence-corrected chi connectivity index (χ3v) is 7.84. The number of ketones is 1. The first kappa shape index (κ1) is 28.2. The first-order chi connectivity index (χ1) is 19.8. The summed E-state index contributed by atoms with van der Waals surface area (Å²) in [6, 6.07) is 18.6. The normalized spacial score (nSPS) is 16.5. The van der Waals surface area contributed by atoms with Gasteiger partial charge in [0, 0.05) is 5.56 Å². The number of aromatic nitrogens is 1. The lowest BCUT2D eigenvalue weighted by molar-refractivity contribution is -0.132. The molecule has 8 nitrogen and oxygen atoms in total. The molecule has 212 valence electrons. The maximum atomic E-state index is 13.6. The zero-order valence-electron chi connectivity index (χ0n) is 23.4. The number of nitrogens with zero attached hydrogens (tertiary/aromatic N) is 2. The zero-order chi connectivity index (χ0) is 29.1. The lowest BCUT2D eigenvalue weighted by atomic mass is 9.95. The van der Waals surface area contributed by atoms with Crippen LogP contribution < -0.4 is 19.1 Å². The van der Waals surface area contributed by atoms with Crippen molar-refractivity contribution in [3.63, 3.8) is 0 Å². The number of amides is 1. The maximum Gasteiger partial charge on any atom is 0.301 e. The van der Waals surface area contributed by atoms with Crippen molar-refractivity contribution in [1.29, 1.82) is 0 Å². The molecule has 1 aliphatic heterocycles. The first-order valence-electron chi connectivity index (χ1n) is 13.5. The van der Waals surface area contributed by atoms with Crippen LogP contribution in [-0.4, -0.2) is 42.1 Å². The molecule has 2 heterocycles. The van der Waals surface area contributed by atoms with Crippen LogP contribution in [0.3, 0.4) is 0 Å². The van der Waals surface area contributed by atoms with E-state index in [0.717, 1.165) is 11.1 Å². The highest BCUT2D eigenvalue weighted by molar-refractivity contribution is 7.22. The van der Waals surface area contributed by atoms with Gasteiger partial charge in [-0.15, -0.1) is 0 Å². The summed E-state index contributed by atoms with van der Waals surface area (Å²) in [5.74, 6) is 0.393. The molecular formula is C32H32N2O6S. The highest BCUT2D eigenvalue weighted by Gasteiger charge is 2.48. The van der Waals surface area contributed by atoms with Gasteiger partial charge >= 0.3 is 5.91 Å². The molecule has 0 radical (unpaired) electrons. The smallest absolute Gasteiger partial charge is 0.301 e. The van der Waals surface area contributed by atoms with Crippen molar-refractivity contribution in [2.75, 3.05) is 25.2 Å². The van der Waals surface area contributed by atoms with E-state index in [2.05, 4.69) is 18.8 Å². The molecule has 1 N–H and O–H groups in total. The van der Waals surface area contributed by atoms with Gasteiger partial charge in [0.15, 0.2) is 16.6 Å². The topological polar surface area (TPSA) is 98.2 Å². The number of carbonyl (C=O) groups excluding carboxylic acids is 2. The van der Waals surface area contributed by atoms with Gasteiger partial charge < -0.3 is 19.3 Å².